The molecule has 0 aromatic heterocycles. The third-order valence-corrected chi connectivity index (χ3v) is 1.86. The zero-order valence-corrected chi connectivity index (χ0v) is 8.83. The number of nitrogens with zero attached hydrogens (tertiary/aromatic N) is 4. The Bertz CT molecular complexity index is 537. The Balaban J connectivity index is 2.82. The van der Waals surface area contributed by atoms with Gasteiger partial charge in [-0.15, -0.1) is 0 Å². The third kappa shape index (κ3) is 3.74. The molecule has 1 aromatic rings. The zero-order chi connectivity index (χ0) is 12.7. The first kappa shape index (κ1) is 12.4. The summed E-state index contributed by atoms with van der Waals surface area (Å²) in [6, 6.07) is 4.36. The van der Waals surface area contributed by atoms with Crippen LogP contribution in [0.5, 0.6) is 0 Å². The summed E-state index contributed by atoms with van der Waals surface area (Å²) in [4.78, 5) is 12.6. The molecule has 0 aliphatic carbocycles. The van der Waals surface area contributed by atoms with Crippen molar-refractivity contribution in [1.82, 2.24) is 0 Å². The lowest BCUT2D eigenvalue weighted by Gasteiger charge is -1.96. The fourth-order valence-electron chi connectivity index (χ4n) is 1.09. The highest BCUT2D eigenvalue weighted by Gasteiger charge is 2.10. The minimum atomic E-state index is -0.555. The fourth-order valence-corrected chi connectivity index (χ4v) is 1.09. The minimum Gasteiger partial charge on any atom is -0.393 e. The molecule has 86 valence electrons. The Morgan fingerprint density at radius 2 is 2.35 bits per heavy atom. The van der Waals surface area contributed by atoms with Gasteiger partial charge < -0.3 is 5.73 Å². The van der Waals surface area contributed by atoms with Gasteiger partial charge in [0.1, 0.15) is 5.69 Å². The highest BCUT2D eigenvalue weighted by atomic mass is 16.6. The summed E-state index contributed by atoms with van der Waals surface area (Å²) in [6.45, 7) is 0.278. The molecule has 0 unspecified atom stereocenters. The van der Waals surface area contributed by atoms with Crippen LogP contribution < -0.4 is 5.73 Å². The molecule has 17 heavy (non-hydrogen) atoms. The van der Waals surface area contributed by atoms with Gasteiger partial charge in [0.05, 0.1) is 4.92 Å². The second-order valence-electron chi connectivity index (χ2n) is 3.04. The summed E-state index contributed by atoms with van der Waals surface area (Å²) in [5, 5.41) is 13.9. The van der Waals surface area contributed by atoms with Gasteiger partial charge in [0.2, 0.25) is 0 Å². The van der Waals surface area contributed by atoms with Crippen LogP contribution in [0.4, 0.5) is 11.4 Å². The predicted molar refractivity (Wildman–Crippen MR) is 63.0 cm³/mol. The highest BCUT2D eigenvalue weighted by molar-refractivity contribution is 5.61. The van der Waals surface area contributed by atoms with E-state index in [1.807, 2.05) is 0 Å². The van der Waals surface area contributed by atoms with Crippen molar-refractivity contribution in [2.45, 2.75) is 6.42 Å². The lowest BCUT2D eigenvalue weighted by Crippen LogP contribution is -1.95. The van der Waals surface area contributed by atoms with Gasteiger partial charge in [-0.05, 0) is 17.7 Å². The van der Waals surface area contributed by atoms with Crippen molar-refractivity contribution >= 4 is 11.4 Å². The number of azide groups is 1. The van der Waals surface area contributed by atoms with Crippen LogP contribution in [0, 0.1) is 22.0 Å². The molecular formula is C10H9N5O2. The fraction of sp³-hybridized carbons (Fsp3) is 0.200. The third-order valence-electron chi connectivity index (χ3n) is 1.86. The van der Waals surface area contributed by atoms with Gasteiger partial charge >= 0.3 is 0 Å². The second-order valence-corrected chi connectivity index (χ2v) is 3.04. The van der Waals surface area contributed by atoms with E-state index in [1.165, 1.54) is 12.1 Å². The van der Waals surface area contributed by atoms with E-state index >= 15 is 0 Å². The number of benzene rings is 1. The molecule has 0 aliphatic heterocycles. The first-order chi connectivity index (χ1) is 8.15. The molecule has 0 aliphatic rings. The van der Waals surface area contributed by atoms with E-state index in [1.54, 1.807) is 6.07 Å². The van der Waals surface area contributed by atoms with E-state index < -0.39 is 4.92 Å². The summed E-state index contributed by atoms with van der Waals surface area (Å²) in [7, 11) is 0. The molecule has 0 saturated carbocycles. The molecule has 0 amide bonds. The van der Waals surface area contributed by atoms with Crippen LogP contribution in [0.3, 0.4) is 0 Å². The van der Waals surface area contributed by atoms with Gasteiger partial charge in [0.25, 0.3) is 5.69 Å². The Hall–Kier alpha value is -2.71. The van der Waals surface area contributed by atoms with Crippen molar-refractivity contribution < 1.29 is 4.92 Å². The molecule has 0 fully saturated rings. The van der Waals surface area contributed by atoms with Crippen molar-refractivity contribution in [2.75, 3.05) is 12.3 Å². The monoisotopic (exact) mass is 231 g/mol. The first-order valence-electron chi connectivity index (χ1n) is 4.69. The Morgan fingerprint density at radius 3 is 3.00 bits per heavy atom. The summed E-state index contributed by atoms with van der Waals surface area (Å²) in [5.74, 6) is 5.48. The standard InChI is InChI=1S/C10H9N5O2/c11-9-5-4-8(7-10(9)15(16)17)3-1-2-6-13-14-12/h4-5,7H,2,6,11H2. The van der Waals surface area contributed by atoms with Gasteiger partial charge in [-0.25, -0.2) is 0 Å². The van der Waals surface area contributed by atoms with E-state index in [0.29, 0.717) is 12.0 Å². The molecule has 1 rings (SSSR count). The summed E-state index contributed by atoms with van der Waals surface area (Å²) >= 11 is 0. The van der Waals surface area contributed by atoms with Gasteiger partial charge in [-0.2, -0.15) is 0 Å². The maximum absolute atomic E-state index is 10.6. The maximum atomic E-state index is 10.6. The SMILES string of the molecule is [N-]=[N+]=NCCC#Cc1ccc(N)c([N+](=O)[O-])c1. The van der Waals surface area contributed by atoms with Crippen LogP contribution in [-0.4, -0.2) is 11.5 Å². The first-order valence-corrected chi connectivity index (χ1v) is 4.69. The number of hydrogen-bond acceptors (Lipinski definition) is 4. The van der Waals surface area contributed by atoms with Crippen molar-refractivity contribution in [2.24, 2.45) is 5.11 Å². The molecule has 0 heterocycles. The average molecular weight is 231 g/mol. The molecule has 0 atom stereocenters. The van der Waals surface area contributed by atoms with Crippen LogP contribution in [0.1, 0.15) is 12.0 Å². The molecule has 7 nitrogen and oxygen atoms in total. The van der Waals surface area contributed by atoms with E-state index in [2.05, 4.69) is 21.9 Å². The van der Waals surface area contributed by atoms with E-state index in [9.17, 15) is 10.1 Å². The van der Waals surface area contributed by atoms with E-state index in [0.717, 1.165) is 0 Å². The van der Waals surface area contributed by atoms with Gasteiger partial charge in [0.15, 0.2) is 0 Å². The van der Waals surface area contributed by atoms with Crippen LogP contribution in [-0.2, 0) is 0 Å². The predicted octanol–water partition coefficient (Wildman–Crippen LogP) is 2.23. The second kappa shape index (κ2) is 6.00. The number of anilines is 1. The molecule has 0 bridgehead atoms. The molecule has 0 saturated heterocycles. The topological polar surface area (TPSA) is 118 Å². The van der Waals surface area contributed by atoms with Crippen LogP contribution in [0.15, 0.2) is 23.3 Å². The number of nitro benzene ring substituents is 1. The van der Waals surface area contributed by atoms with Crippen LogP contribution in [0.25, 0.3) is 10.4 Å². The zero-order valence-electron chi connectivity index (χ0n) is 8.83. The van der Waals surface area contributed by atoms with Gasteiger partial charge in [-0.1, -0.05) is 17.0 Å². The maximum Gasteiger partial charge on any atom is 0.293 e. The van der Waals surface area contributed by atoms with Crippen molar-refractivity contribution in [1.29, 1.82) is 0 Å². The normalized spacial score (nSPS) is 8.71. The Kier molecular flexibility index (Phi) is 4.36. The molecular weight excluding hydrogens is 222 g/mol. The summed E-state index contributed by atoms with van der Waals surface area (Å²) < 4.78 is 0. The quantitative estimate of drug-likeness (QED) is 0.125. The summed E-state index contributed by atoms with van der Waals surface area (Å²) in [5.41, 5.74) is 13.9. The van der Waals surface area contributed by atoms with Crippen LogP contribution in [0.2, 0.25) is 0 Å². The average Bonchev–Trinajstić information content (AvgIpc) is 2.30. The number of nitro groups is 1. The Labute approximate surface area is 97.0 Å². The van der Waals surface area contributed by atoms with Crippen molar-refractivity contribution in [3.63, 3.8) is 0 Å². The number of rotatable bonds is 3. The summed E-state index contributed by atoms with van der Waals surface area (Å²) in [6.07, 6.45) is 0.405. The lowest BCUT2D eigenvalue weighted by atomic mass is 10.2. The number of hydrogen-bond donors (Lipinski definition) is 1. The Morgan fingerprint density at radius 1 is 1.59 bits per heavy atom. The lowest BCUT2D eigenvalue weighted by molar-refractivity contribution is -0.383. The number of nitrogens with two attached hydrogens (primary N) is 1. The molecule has 7 heteroatoms. The van der Waals surface area contributed by atoms with Crippen molar-refractivity contribution in [3.8, 4) is 11.8 Å². The molecule has 0 spiro atoms. The van der Waals surface area contributed by atoms with Gasteiger partial charge in [-0.3, -0.25) is 10.1 Å². The van der Waals surface area contributed by atoms with E-state index in [4.69, 9.17) is 11.3 Å². The van der Waals surface area contributed by atoms with Crippen molar-refractivity contribution in [3.05, 3.63) is 44.3 Å². The molecule has 0 radical (unpaired) electrons. The van der Waals surface area contributed by atoms with Crippen LogP contribution >= 0.6 is 0 Å². The molecule has 2 N–H and O–H groups in total. The minimum absolute atomic E-state index is 0.106. The smallest absolute Gasteiger partial charge is 0.293 e. The number of nitrogen functional groups attached to an aromatic ring is 1. The van der Waals surface area contributed by atoms with Gasteiger partial charge in [0, 0.05) is 29.5 Å². The highest BCUT2D eigenvalue weighted by Crippen LogP contribution is 2.21. The van der Waals surface area contributed by atoms with E-state index in [-0.39, 0.29) is 17.9 Å². The molecule has 1 aromatic carbocycles. The largest absolute Gasteiger partial charge is 0.393 e.